The smallest absolute Gasteiger partial charge is 0.246 e. The van der Waals surface area contributed by atoms with Crippen molar-refractivity contribution in [2.24, 2.45) is 0 Å². The number of anilines is 1. The normalized spacial score (nSPS) is 20.1. The number of hydrogen-bond acceptors (Lipinski definition) is 8. The summed E-state index contributed by atoms with van der Waals surface area (Å²) in [6.07, 6.45) is 6.42. The number of rotatable bonds is 7. The van der Waals surface area contributed by atoms with E-state index < -0.39 is 10.1 Å². The van der Waals surface area contributed by atoms with Gasteiger partial charge in [0.05, 0.1) is 17.3 Å². The van der Waals surface area contributed by atoms with Crippen molar-refractivity contribution >= 4 is 38.5 Å². The molecule has 2 aliphatic heterocycles. The lowest BCUT2D eigenvalue weighted by Crippen LogP contribution is -2.45. The van der Waals surface area contributed by atoms with Crippen molar-refractivity contribution < 1.29 is 18.5 Å². The average molecular weight is 511 g/mol. The van der Waals surface area contributed by atoms with Gasteiger partial charge in [-0.15, -0.1) is 0 Å². The highest BCUT2D eigenvalue weighted by Crippen LogP contribution is 2.32. The average Bonchev–Trinajstić information content (AvgIpc) is 2.92. The van der Waals surface area contributed by atoms with E-state index in [9.17, 15) is 13.8 Å². The molecular weight excluding hydrogens is 480 g/mol. The van der Waals surface area contributed by atoms with Gasteiger partial charge in [-0.05, 0) is 40.5 Å². The van der Waals surface area contributed by atoms with E-state index in [1.54, 1.807) is 18.6 Å². The third kappa shape index (κ3) is 5.28. The summed E-state index contributed by atoms with van der Waals surface area (Å²) in [6, 6.07) is 10.3. The minimum absolute atomic E-state index is 0.0561. The fourth-order valence-electron chi connectivity index (χ4n) is 4.70. The van der Waals surface area contributed by atoms with Crippen LogP contribution in [0.25, 0.3) is 22.3 Å². The second-order valence-corrected chi connectivity index (χ2v) is 12.0. The molecular formula is C25H30N6O4S. The van der Waals surface area contributed by atoms with Crippen LogP contribution in [0.2, 0.25) is 0 Å². The number of pyridine rings is 1. The Bertz CT molecular complexity index is 1300. The standard InChI is InChI=1S/C25H30N6O4S/c1-36(34,16-32)31-10-6-18(7-11-31)17-2-4-19(5-3-17)21-12-22-24(27-9-8-26-22)25(30-21)29-14-20-13-28-23(33)15-35-20/h2-5,8-9,12,16,18,20,36H,6-7,10-11,13-15H2,1H3,(H,28,33)(H,29,30)/t20-/m0/s1. The maximum Gasteiger partial charge on any atom is 0.246 e. The number of fused-ring (bicyclic) bond motifs is 1. The lowest BCUT2D eigenvalue weighted by Gasteiger charge is -2.36. The Morgan fingerprint density at radius 2 is 1.94 bits per heavy atom. The molecule has 4 heterocycles. The van der Waals surface area contributed by atoms with Gasteiger partial charge in [-0.1, -0.05) is 24.3 Å². The van der Waals surface area contributed by atoms with E-state index in [0.717, 1.165) is 29.6 Å². The van der Waals surface area contributed by atoms with Crippen LogP contribution in [0.3, 0.4) is 0 Å². The summed E-state index contributed by atoms with van der Waals surface area (Å²) < 4.78 is 19.8. The van der Waals surface area contributed by atoms with Gasteiger partial charge in [0, 0.05) is 50.4 Å². The van der Waals surface area contributed by atoms with E-state index in [1.807, 2.05) is 10.4 Å². The fourth-order valence-corrected chi connectivity index (χ4v) is 5.86. The van der Waals surface area contributed by atoms with Gasteiger partial charge in [0.25, 0.3) is 0 Å². The number of nitrogens with zero attached hydrogens (tertiary/aromatic N) is 4. The van der Waals surface area contributed by atoms with Crippen LogP contribution >= 0.6 is 0 Å². The largest absolute Gasteiger partial charge is 0.366 e. The predicted octanol–water partition coefficient (Wildman–Crippen LogP) is 1.55. The number of carbonyl (C=O) groups is 2. The number of aromatic nitrogens is 3. The van der Waals surface area contributed by atoms with Gasteiger partial charge in [0.1, 0.15) is 12.1 Å². The molecule has 0 spiro atoms. The van der Waals surface area contributed by atoms with Gasteiger partial charge >= 0.3 is 0 Å². The van der Waals surface area contributed by atoms with E-state index in [4.69, 9.17) is 9.72 Å². The predicted molar refractivity (Wildman–Crippen MR) is 140 cm³/mol. The summed E-state index contributed by atoms with van der Waals surface area (Å²) in [5.74, 6) is 0.875. The Morgan fingerprint density at radius 1 is 1.19 bits per heavy atom. The fraction of sp³-hybridized carbons (Fsp3) is 0.400. The first-order chi connectivity index (χ1) is 17.4. The number of thiol groups is 1. The molecule has 2 N–H and O–H groups in total. The quantitative estimate of drug-likeness (QED) is 0.323. The van der Waals surface area contributed by atoms with Crippen molar-refractivity contribution in [3.05, 3.63) is 48.3 Å². The number of nitrogens with one attached hydrogen (secondary N) is 2. The first-order valence-corrected chi connectivity index (χ1v) is 14.2. The molecule has 0 bridgehead atoms. The van der Waals surface area contributed by atoms with Crippen molar-refractivity contribution in [1.82, 2.24) is 24.6 Å². The summed E-state index contributed by atoms with van der Waals surface area (Å²) in [6.45, 7) is 2.30. The minimum Gasteiger partial charge on any atom is -0.366 e. The molecule has 11 heteroatoms. The van der Waals surface area contributed by atoms with Crippen LogP contribution in [0.15, 0.2) is 42.7 Å². The number of benzene rings is 1. The molecule has 0 radical (unpaired) electrons. The van der Waals surface area contributed by atoms with Crippen molar-refractivity contribution in [3.63, 3.8) is 0 Å². The van der Waals surface area contributed by atoms with Gasteiger partial charge in [-0.2, -0.15) is 0 Å². The molecule has 5 rings (SSSR count). The molecule has 0 saturated carbocycles. The summed E-state index contributed by atoms with van der Waals surface area (Å²) in [5, 5.41) is 6.13. The van der Waals surface area contributed by atoms with E-state index in [-0.39, 0.29) is 18.6 Å². The van der Waals surface area contributed by atoms with Crippen LogP contribution in [0.4, 0.5) is 5.82 Å². The molecule has 2 saturated heterocycles. The summed E-state index contributed by atoms with van der Waals surface area (Å²) in [5.41, 5.74) is 4.98. The molecule has 10 nitrogen and oxygen atoms in total. The number of morpholine rings is 1. The first kappa shape index (κ1) is 24.4. The Hall–Kier alpha value is -3.28. The molecule has 2 aromatic heterocycles. The van der Waals surface area contributed by atoms with Crippen LogP contribution in [-0.4, -0.2) is 80.1 Å². The molecule has 36 heavy (non-hydrogen) atoms. The first-order valence-electron chi connectivity index (χ1n) is 12.1. The monoisotopic (exact) mass is 510 g/mol. The molecule has 2 aliphatic rings. The zero-order valence-corrected chi connectivity index (χ0v) is 21.0. The van der Waals surface area contributed by atoms with Crippen LogP contribution in [-0.2, 0) is 24.4 Å². The van der Waals surface area contributed by atoms with Gasteiger partial charge in [0.15, 0.2) is 11.4 Å². The Kier molecular flexibility index (Phi) is 7.04. The van der Waals surface area contributed by atoms with Crippen molar-refractivity contribution in [2.75, 3.05) is 44.4 Å². The van der Waals surface area contributed by atoms with Crippen molar-refractivity contribution in [1.29, 1.82) is 0 Å². The van der Waals surface area contributed by atoms with Gasteiger partial charge in [-0.3, -0.25) is 18.8 Å². The third-order valence-corrected chi connectivity index (χ3v) is 8.75. The highest BCUT2D eigenvalue weighted by Gasteiger charge is 2.26. The topological polar surface area (TPSA) is 126 Å². The zero-order valence-electron chi connectivity index (χ0n) is 20.1. The number of hydrogen-bond donors (Lipinski definition) is 3. The second-order valence-electron chi connectivity index (χ2n) is 9.30. The van der Waals surface area contributed by atoms with Gasteiger partial charge in [-0.25, -0.2) is 14.3 Å². The number of ether oxygens (including phenoxy) is 1. The molecule has 1 amide bonds. The van der Waals surface area contributed by atoms with Crippen molar-refractivity contribution in [2.45, 2.75) is 24.9 Å². The lowest BCUT2D eigenvalue weighted by molar-refractivity contribution is -0.132. The van der Waals surface area contributed by atoms with Crippen LogP contribution in [0.5, 0.6) is 0 Å². The lowest BCUT2D eigenvalue weighted by atomic mass is 9.89. The van der Waals surface area contributed by atoms with E-state index >= 15 is 0 Å². The highest BCUT2D eigenvalue weighted by atomic mass is 32.3. The molecule has 3 aromatic rings. The van der Waals surface area contributed by atoms with Gasteiger partial charge < -0.3 is 15.4 Å². The Labute approximate surface area is 210 Å². The highest BCUT2D eigenvalue weighted by molar-refractivity contribution is 8.12. The summed E-state index contributed by atoms with van der Waals surface area (Å²) >= 11 is 0. The van der Waals surface area contributed by atoms with E-state index in [2.05, 4.69) is 44.9 Å². The SMILES string of the molecule is C[SH](=O)(C=O)N1CCC(c2ccc(-c3cc4nccnc4c(NC[C@@H]4CNC(=O)CO4)n3)cc2)CC1. The summed E-state index contributed by atoms with van der Waals surface area (Å²) in [7, 11) is -2.86. The maximum absolute atomic E-state index is 12.4. The molecule has 190 valence electrons. The third-order valence-electron chi connectivity index (χ3n) is 6.84. The van der Waals surface area contributed by atoms with Crippen LogP contribution in [0, 0.1) is 0 Å². The van der Waals surface area contributed by atoms with Crippen molar-refractivity contribution in [3.8, 4) is 11.3 Å². The maximum atomic E-state index is 12.4. The Balaban J connectivity index is 1.32. The number of piperidine rings is 1. The molecule has 0 aliphatic carbocycles. The molecule has 0 unspecified atom stereocenters. The Morgan fingerprint density at radius 3 is 2.64 bits per heavy atom. The second kappa shape index (κ2) is 10.4. The van der Waals surface area contributed by atoms with Crippen LogP contribution in [0.1, 0.15) is 24.3 Å². The zero-order chi connectivity index (χ0) is 25.1. The minimum atomic E-state index is -2.86. The molecule has 1 atom stereocenters. The molecule has 1 aromatic carbocycles. The van der Waals surface area contributed by atoms with E-state index in [1.165, 1.54) is 5.56 Å². The van der Waals surface area contributed by atoms with Crippen LogP contribution < -0.4 is 10.6 Å². The van der Waals surface area contributed by atoms with E-state index in [0.29, 0.717) is 49.0 Å². The number of carbonyl (C=O) groups excluding carboxylic acids is 2. The number of amides is 1. The summed E-state index contributed by atoms with van der Waals surface area (Å²) in [4.78, 5) is 36.2. The van der Waals surface area contributed by atoms with Gasteiger partial charge in [0.2, 0.25) is 5.91 Å². The molecule has 2 fully saturated rings.